The quantitative estimate of drug-likeness (QED) is 0.630. The number of anilines is 1. The van der Waals surface area contributed by atoms with Crippen molar-refractivity contribution in [3.05, 3.63) is 65.0 Å². The average Bonchev–Trinajstić information content (AvgIpc) is 3.28. The Morgan fingerprint density at radius 2 is 1.81 bits per heavy atom. The maximum absolute atomic E-state index is 12.9. The van der Waals surface area contributed by atoms with Gasteiger partial charge in [0.25, 0.3) is 5.91 Å². The number of likely N-dealkylation sites (tertiary alicyclic amines) is 1. The van der Waals surface area contributed by atoms with Crippen molar-refractivity contribution >= 4 is 17.5 Å². The second kappa shape index (κ2) is 9.34. The van der Waals surface area contributed by atoms with Crippen LogP contribution in [0.15, 0.2) is 47.0 Å². The number of hydrogen-bond donors (Lipinski definition) is 1. The Labute approximate surface area is 187 Å². The molecule has 1 aliphatic heterocycles. The third kappa shape index (κ3) is 4.88. The molecule has 4 rings (SSSR count). The van der Waals surface area contributed by atoms with E-state index in [1.807, 2.05) is 62.1 Å². The molecule has 0 saturated carbocycles. The van der Waals surface area contributed by atoms with Crippen molar-refractivity contribution in [1.29, 1.82) is 0 Å². The summed E-state index contributed by atoms with van der Waals surface area (Å²) in [7, 11) is 0. The summed E-state index contributed by atoms with van der Waals surface area (Å²) in [5, 5.41) is 6.99. The molecule has 166 valence electrons. The molecule has 1 saturated heterocycles. The maximum Gasteiger partial charge on any atom is 0.253 e. The molecule has 1 N–H and O–H groups in total. The van der Waals surface area contributed by atoms with Gasteiger partial charge >= 0.3 is 0 Å². The van der Waals surface area contributed by atoms with Gasteiger partial charge in [-0.25, -0.2) is 0 Å². The second-order valence-corrected chi connectivity index (χ2v) is 8.38. The molecule has 0 bridgehead atoms. The third-order valence-corrected chi connectivity index (χ3v) is 5.77. The van der Waals surface area contributed by atoms with Gasteiger partial charge in [-0.05, 0) is 51.0 Å². The van der Waals surface area contributed by atoms with Gasteiger partial charge in [0.2, 0.25) is 17.6 Å². The Balaban J connectivity index is 1.40. The van der Waals surface area contributed by atoms with E-state index in [9.17, 15) is 9.59 Å². The molecule has 2 aromatic carbocycles. The lowest BCUT2D eigenvalue weighted by Gasteiger charge is -2.30. The van der Waals surface area contributed by atoms with Crippen LogP contribution in [0.1, 0.15) is 59.5 Å². The summed E-state index contributed by atoms with van der Waals surface area (Å²) in [6, 6.07) is 13.4. The first kappa shape index (κ1) is 21.7. The van der Waals surface area contributed by atoms with Crippen LogP contribution in [-0.2, 0) is 4.79 Å². The second-order valence-electron chi connectivity index (χ2n) is 8.38. The van der Waals surface area contributed by atoms with Crippen LogP contribution >= 0.6 is 0 Å². The Kier molecular flexibility index (Phi) is 6.35. The van der Waals surface area contributed by atoms with E-state index >= 15 is 0 Å². The van der Waals surface area contributed by atoms with Gasteiger partial charge < -0.3 is 14.7 Å². The Morgan fingerprint density at radius 1 is 1.09 bits per heavy atom. The molecule has 2 amide bonds. The molecule has 32 heavy (non-hydrogen) atoms. The van der Waals surface area contributed by atoms with E-state index in [1.165, 1.54) is 0 Å². The molecule has 0 spiro atoms. The molecule has 3 aromatic rings. The van der Waals surface area contributed by atoms with Gasteiger partial charge in [-0.15, -0.1) is 0 Å². The number of piperidine rings is 1. The van der Waals surface area contributed by atoms with E-state index in [2.05, 4.69) is 21.5 Å². The predicted octanol–water partition coefficient (Wildman–Crippen LogP) is 4.72. The number of carbonyl (C=O) groups excluding carboxylic acids is 2. The Bertz CT molecular complexity index is 1110. The number of amides is 2. The molecule has 1 fully saturated rings. The molecule has 0 atom stereocenters. The normalized spacial score (nSPS) is 14.4. The van der Waals surface area contributed by atoms with Crippen molar-refractivity contribution in [3.63, 3.8) is 0 Å². The van der Waals surface area contributed by atoms with E-state index in [4.69, 9.17) is 4.52 Å². The van der Waals surface area contributed by atoms with E-state index in [-0.39, 0.29) is 17.7 Å². The zero-order valence-corrected chi connectivity index (χ0v) is 18.7. The van der Waals surface area contributed by atoms with E-state index in [0.29, 0.717) is 36.9 Å². The lowest BCUT2D eigenvalue weighted by atomic mass is 9.96. The first-order valence-corrected chi connectivity index (χ1v) is 11.0. The number of aromatic nitrogens is 2. The van der Waals surface area contributed by atoms with E-state index in [0.717, 1.165) is 35.1 Å². The fourth-order valence-electron chi connectivity index (χ4n) is 4.11. The van der Waals surface area contributed by atoms with Gasteiger partial charge in [-0.1, -0.05) is 41.4 Å². The lowest BCUT2D eigenvalue weighted by Crippen LogP contribution is -2.38. The van der Waals surface area contributed by atoms with Gasteiger partial charge in [-0.3, -0.25) is 9.59 Å². The molecule has 0 radical (unpaired) electrons. The molecule has 2 heterocycles. The number of carbonyl (C=O) groups is 2. The van der Waals surface area contributed by atoms with E-state index < -0.39 is 0 Å². The van der Waals surface area contributed by atoms with Crippen molar-refractivity contribution < 1.29 is 14.1 Å². The third-order valence-electron chi connectivity index (χ3n) is 5.77. The van der Waals surface area contributed by atoms with E-state index in [1.54, 1.807) is 0 Å². The summed E-state index contributed by atoms with van der Waals surface area (Å²) < 4.78 is 5.56. The first-order chi connectivity index (χ1) is 15.4. The zero-order valence-electron chi connectivity index (χ0n) is 18.7. The van der Waals surface area contributed by atoms with Crippen LogP contribution in [0, 0.1) is 13.8 Å². The fraction of sp³-hybridized carbons (Fsp3) is 0.360. The Hall–Kier alpha value is -3.48. The highest BCUT2D eigenvalue weighted by Crippen LogP contribution is 2.30. The molecule has 0 aliphatic carbocycles. The van der Waals surface area contributed by atoms with Crippen LogP contribution in [0.2, 0.25) is 0 Å². The highest BCUT2D eigenvalue weighted by molar-refractivity contribution is 5.94. The van der Waals surface area contributed by atoms with Gasteiger partial charge in [0.1, 0.15) is 0 Å². The topological polar surface area (TPSA) is 88.3 Å². The standard InChI is InChI=1S/C25H28N4O3/c1-4-22(30)26-21-7-5-6-19(15-21)23-27-24(32-28-23)18-8-10-29(11-9-18)25(31)20-13-16(2)12-17(3)14-20/h5-7,12-15,18H,4,8-11H2,1-3H3,(H,26,30). The van der Waals surface area contributed by atoms with Gasteiger partial charge in [0, 0.05) is 42.2 Å². The minimum absolute atomic E-state index is 0.0434. The molecule has 7 heteroatoms. The van der Waals surface area contributed by atoms with Crippen molar-refractivity contribution in [2.24, 2.45) is 0 Å². The summed E-state index contributed by atoms with van der Waals surface area (Å²) in [4.78, 5) is 31.1. The van der Waals surface area contributed by atoms with Crippen LogP contribution in [0.25, 0.3) is 11.4 Å². The van der Waals surface area contributed by atoms with Gasteiger partial charge in [-0.2, -0.15) is 4.98 Å². The largest absolute Gasteiger partial charge is 0.339 e. The summed E-state index contributed by atoms with van der Waals surface area (Å²) in [6.07, 6.45) is 1.98. The highest BCUT2D eigenvalue weighted by Gasteiger charge is 2.28. The van der Waals surface area contributed by atoms with Gasteiger partial charge in [0.05, 0.1) is 0 Å². The van der Waals surface area contributed by atoms with Crippen LogP contribution in [0.4, 0.5) is 5.69 Å². The number of nitrogens with one attached hydrogen (secondary N) is 1. The number of rotatable bonds is 5. The summed E-state index contributed by atoms with van der Waals surface area (Å²) >= 11 is 0. The van der Waals surface area contributed by atoms with Crippen molar-refractivity contribution in [2.75, 3.05) is 18.4 Å². The number of hydrogen-bond acceptors (Lipinski definition) is 5. The minimum Gasteiger partial charge on any atom is -0.339 e. The monoisotopic (exact) mass is 432 g/mol. The summed E-state index contributed by atoms with van der Waals surface area (Å²) in [5.41, 5.74) is 4.44. The molecule has 1 aromatic heterocycles. The van der Waals surface area contributed by atoms with Crippen LogP contribution in [0.3, 0.4) is 0 Å². The molecule has 0 unspecified atom stereocenters. The van der Waals surface area contributed by atoms with Crippen molar-refractivity contribution in [1.82, 2.24) is 15.0 Å². The molecule has 7 nitrogen and oxygen atoms in total. The molecule has 1 aliphatic rings. The highest BCUT2D eigenvalue weighted by atomic mass is 16.5. The fourth-order valence-corrected chi connectivity index (χ4v) is 4.11. The summed E-state index contributed by atoms with van der Waals surface area (Å²) in [6.45, 7) is 7.15. The van der Waals surface area contributed by atoms with Crippen LogP contribution in [-0.4, -0.2) is 39.9 Å². The lowest BCUT2D eigenvalue weighted by molar-refractivity contribution is -0.115. The average molecular weight is 433 g/mol. The zero-order chi connectivity index (χ0) is 22.7. The maximum atomic E-state index is 12.9. The van der Waals surface area contributed by atoms with Crippen LogP contribution in [0.5, 0.6) is 0 Å². The van der Waals surface area contributed by atoms with Crippen molar-refractivity contribution in [3.8, 4) is 11.4 Å². The van der Waals surface area contributed by atoms with Crippen molar-refractivity contribution in [2.45, 2.75) is 46.0 Å². The van der Waals surface area contributed by atoms with Crippen LogP contribution < -0.4 is 5.32 Å². The summed E-state index contributed by atoms with van der Waals surface area (Å²) in [5.74, 6) is 1.26. The Morgan fingerprint density at radius 3 is 2.50 bits per heavy atom. The number of benzene rings is 2. The van der Waals surface area contributed by atoms with Gasteiger partial charge in [0.15, 0.2) is 0 Å². The molecular weight excluding hydrogens is 404 g/mol. The SMILES string of the molecule is CCC(=O)Nc1cccc(-c2noc(C3CCN(C(=O)c4cc(C)cc(C)c4)CC3)n2)c1. The number of aryl methyl sites for hydroxylation is 2. The first-order valence-electron chi connectivity index (χ1n) is 11.0. The number of nitrogens with zero attached hydrogens (tertiary/aromatic N) is 3. The predicted molar refractivity (Wildman–Crippen MR) is 122 cm³/mol. The molecular formula is C25H28N4O3. The smallest absolute Gasteiger partial charge is 0.253 e. The minimum atomic E-state index is -0.0434.